The molecule has 0 heterocycles. The summed E-state index contributed by atoms with van der Waals surface area (Å²) in [6.45, 7) is 2.08. The van der Waals surface area contributed by atoms with E-state index in [1.165, 1.54) is 6.07 Å². The normalized spacial score (nSPS) is 12.7. The number of unbranched alkanes of at least 4 members (excludes halogenated alkanes) is 1. The molecule has 0 saturated heterocycles. The lowest BCUT2D eigenvalue weighted by Gasteiger charge is -2.10. The molecule has 0 spiro atoms. The standard InChI is InChI=1S/C12H18O3/c1-2-3-4-10(13)5-9-6-11(14)8-12(15)7-9/h6-8,10,13-15H,2-5H2,1H3/t10-/m1/s1. The van der Waals surface area contributed by atoms with Gasteiger partial charge in [0.2, 0.25) is 0 Å². The third kappa shape index (κ3) is 4.21. The van der Waals surface area contributed by atoms with Crippen molar-refractivity contribution in [3.8, 4) is 11.5 Å². The molecule has 0 aliphatic carbocycles. The summed E-state index contributed by atoms with van der Waals surface area (Å²) in [6.07, 6.45) is 2.88. The summed E-state index contributed by atoms with van der Waals surface area (Å²) < 4.78 is 0. The van der Waals surface area contributed by atoms with Gasteiger partial charge in [-0.2, -0.15) is 0 Å². The Kier molecular flexibility index (Phi) is 4.43. The molecule has 3 nitrogen and oxygen atoms in total. The lowest BCUT2D eigenvalue weighted by molar-refractivity contribution is 0.161. The number of hydrogen-bond donors (Lipinski definition) is 3. The zero-order valence-electron chi connectivity index (χ0n) is 8.98. The fourth-order valence-electron chi connectivity index (χ4n) is 1.59. The highest BCUT2D eigenvalue weighted by atomic mass is 16.3. The van der Waals surface area contributed by atoms with Crippen molar-refractivity contribution in [2.45, 2.75) is 38.7 Å². The van der Waals surface area contributed by atoms with E-state index in [0.29, 0.717) is 6.42 Å². The molecule has 3 N–H and O–H groups in total. The van der Waals surface area contributed by atoms with Crippen LogP contribution in [-0.2, 0) is 6.42 Å². The van der Waals surface area contributed by atoms with Gasteiger partial charge in [0.25, 0.3) is 0 Å². The first-order valence-corrected chi connectivity index (χ1v) is 5.31. The Hall–Kier alpha value is -1.22. The first kappa shape index (κ1) is 11.9. The molecular formula is C12H18O3. The summed E-state index contributed by atoms with van der Waals surface area (Å²) >= 11 is 0. The summed E-state index contributed by atoms with van der Waals surface area (Å²) in [4.78, 5) is 0. The predicted octanol–water partition coefficient (Wildman–Crippen LogP) is 2.19. The van der Waals surface area contributed by atoms with Gasteiger partial charge < -0.3 is 15.3 Å². The third-order valence-electron chi connectivity index (χ3n) is 2.32. The number of aliphatic hydroxyl groups is 1. The molecule has 0 bridgehead atoms. The van der Waals surface area contributed by atoms with Crippen molar-refractivity contribution in [3.63, 3.8) is 0 Å². The molecule has 0 amide bonds. The van der Waals surface area contributed by atoms with Gasteiger partial charge in [0.1, 0.15) is 11.5 Å². The zero-order chi connectivity index (χ0) is 11.3. The highest BCUT2D eigenvalue weighted by Crippen LogP contribution is 2.21. The molecule has 1 aromatic rings. The molecule has 1 atom stereocenters. The summed E-state index contributed by atoms with van der Waals surface area (Å²) in [5.74, 6) is 0.0698. The SMILES string of the molecule is CCCC[C@@H](O)Cc1cc(O)cc(O)c1. The highest BCUT2D eigenvalue weighted by Gasteiger charge is 2.06. The molecule has 84 valence electrons. The van der Waals surface area contributed by atoms with Crippen LogP contribution in [0.25, 0.3) is 0 Å². The molecule has 15 heavy (non-hydrogen) atoms. The van der Waals surface area contributed by atoms with Gasteiger partial charge in [-0.05, 0) is 30.5 Å². The van der Waals surface area contributed by atoms with E-state index in [1.807, 2.05) is 0 Å². The molecule has 1 rings (SSSR count). The van der Waals surface area contributed by atoms with Crippen LogP contribution in [0.4, 0.5) is 0 Å². The number of aliphatic hydroxyl groups excluding tert-OH is 1. The molecule has 0 saturated carbocycles. The van der Waals surface area contributed by atoms with Crippen molar-refractivity contribution >= 4 is 0 Å². The molecule has 0 radical (unpaired) electrons. The molecule has 3 heteroatoms. The van der Waals surface area contributed by atoms with Gasteiger partial charge in [-0.25, -0.2) is 0 Å². The first-order chi connectivity index (χ1) is 7.11. The highest BCUT2D eigenvalue weighted by molar-refractivity contribution is 5.36. The van der Waals surface area contributed by atoms with Crippen molar-refractivity contribution < 1.29 is 15.3 Å². The molecule has 0 aromatic heterocycles. The minimum Gasteiger partial charge on any atom is -0.508 e. The number of phenolic OH excluding ortho intramolecular Hbond substituents is 2. The van der Waals surface area contributed by atoms with Crippen molar-refractivity contribution in [2.24, 2.45) is 0 Å². The van der Waals surface area contributed by atoms with Gasteiger partial charge in [-0.3, -0.25) is 0 Å². The molecule has 1 aromatic carbocycles. The summed E-state index contributed by atoms with van der Waals surface area (Å²) in [5, 5.41) is 28.1. The number of rotatable bonds is 5. The van der Waals surface area contributed by atoms with Crippen LogP contribution in [-0.4, -0.2) is 21.4 Å². The average molecular weight is 210 g/mol. The summed E-state index contributed by atoms with van der Waals surface area (Å²) in [7, 11) is 0. The lowest BCUT2D eigenvalue weighted by Crippen LogP contribution is -2.09. The second-order valence-corrected chi connectivity index (χ2v) is 3.86. The van der Waals surface area contributed by atoms with Crippen molar-refractivity contribution in [3.05, 3.63) is 23.8 Å². The van der Waals surface area contributed by atoms with Crippen LogP contribution < -0.4 is 0 Å². The quantitative estimate of drug-likeness (QED) is 0.698. The molecule has 0 aliphatic rings. The van der Waals surface area contributed by atoms with Gasteiger partial charge >= 0.3 is 0 Å². The smallest absolute Gasteiger partial charge is 0.119 e. The Morgan fingerprint density at radius 1 is 1.13 bits per heavy atom. The minimum absolute atomic E-state index is 0.0349. The summed E-state index contributed by atoms with van der Waals surface area (Å²) in [5.41, 5.74) is 0.760. The van der Waals surface area contributed by atoms with Crippen LogP contribution in [0, 0.1) is 0 Å². The van der Waals surface area contributed by atoms with Gasteiger partial charge in [0.05, 0.1) is 6.10 Å². The predicted molar refractivity (Wildman–Crippen MR) is 59.0 cm³/mol. The average Bonchev–Trinajstić information content (AvgIpc) is 2.13. The third-order valence-corrected chi connectivity index (χ3v) is 2.32. The molecule has 0 aliphatic heterocycles. The number of phenols is 2. The Morgan fingerprint density at radius 2 is 1.73 bits per heavy atom. The van der Waals surface area contributed by atoms with Crippen LogP contribution in [0.15, 0.2) is 18.2 Å². The van der Waals surface area contributed by atoms with Crippen LogP contribution in [0.3, 0.4) is 0 Å². The van der Waals surface area contributed by atoms with E-state index in [1.54, 1.807) is 12.1 Å². The Bertz CT molecular complexity index is 289. The van der Waals surface area contributed by atoms with Crippen LogP contribution >= 0.6 is 0 Å². The van der Waals surface area contributed by atoms with Crippen molar-refractivity contribution in [1.82, 2.24) is 0 Å². The fraction of sp³-hybridized carbons (Fsp3) is 0.500. The van der Waals surface area contributed by atoms with Gasteiger partial charge in [0, 0.05) is 6.07 Å². The van der Waals surface area contributed by atoms with E-state index in [-0.39, 0.29) is 11.5 Å². The topological polar surface area (TPSA) is 60.7 Å². The first-order valence-electron chi connectivity index (χ1n) is 5.31. The second kappa shape index (κ2) is 5.61. The van der Waals surface area contributed by atoms with E-state index in [9.17, 15) is 15.3 Å². The molecular weight excluding hydrogens is 192 g/mol. The van der Waals surface area contributed by atoms with E-state index in [0.717, 1.165) is 24.8 Å². The van der Waals surface area contributed by atoms with Crippen LogP contribution in [0.2, 0.25) is 0 Å². The largest absolute Gasteiger partial charge is 0.508 e. The second-order valence-electron chi connectivity index (χ2n) is 3.86. The number of hydrogen-bond acceptors (Lipinski definition) is 3. The molecule has 0 unspecified atom stereocenters. The van der Waals surface area contributed by atoms with Crippen LogP contribution in [0.5, 0.6) is 11.5 Å². The van der Waals surface area contributed by atoms with Crippen LogP contribution in [0.1, 0.15) is 31.7 Å². The van der Waals surface area contributed by atoms with E-state index >= 15 is 0 Å². The monoisotopic (exact) mass is 210 g/mol. The summed E-state index contributed by atoms with van der Waals surface area (Å²) in [6, 6.07) is 4.41. The van der Waals surface area contributed by atoms with E-state index in [2.05, 4.69) is 6.92 Å². The van der Waals surface area contributed by atoms with Gasteiger partial charge in [0.15, 0.2) is 0 Å². The fourth-order valence-corrected chi connectivity index (χ4v) is 1.59. The Labute approximate surface area is 90.0 Å². The van der Waals surface area contributed by atoms with Gasteiger partial charge in [-0.15, -0.1) is 0 Å². The van der Waals surface area contributed by atoms with Gasteiger partial charge in [-0.1, -0.05) is 19.8 Å². The maximum atomic E-state index is 9.65. The lowest BCUT2D eigenvalue weighted by atomic mass is 10.0. The maximum absolute atomic E-state index is 9.65. The minimum atomic E-state index is -0.397. The maximum Gasteiger partial charge on any atom is 0.119 e. The number of aromatic hydroxyl groups is 2. The molecule has 0 fully saturated rings. The zero-order valence-corrected chi connectivity index (χ0v) is 8.98. The van der Waals surface area contributed by atoms with E-state index in [4.69, 9.17) is 0 Å². The Balaban J connectivity index is 2.56. The number of benzene rings is 1. The van der Waals surface area contributed by atoms with Crippen molar-refractivity contribution in [2.75, 3.05) is 0 Å². The Morgan fingerprint density at radius 3 is 2.27 bits per heavy atom. The van der Waals surface area contributed by atoms with Crippen molar-refractivity contribution in [1.29, 1.82) is 0 Å². The van der Waals surface area contributed by atoms with E-state index < -0.39 is 6.10 Å².